The Balaban J connectivity index is 0.000000240. The Morgan fingerprint density at radius 3 is 1.71 bits per heavy atom. The molecule has 99 heavy (non-hydrogen) atoms. The molecule has 4 aliphatic heterocycles. The summed E-state index contributed by atoms with van der Waals surface area (Å²) in [7, 11) is 4.75. The molecule has 547 valence electrons. The van der Waals surface area contributed by atoms with Gasteiger partial charge in [0, 0.05) is 95.8 Å². The van der Waals surface area contributed by atoms with Crippen molar-refractivity contribution in [2.24, 2.45) is 81.8 Å². The van der Waals surface area contributed by atoms with Crippen LogP contribution < -0.4 is 45.5 Å². The number of nitrogens with one attached hydrogen (secondary N) is 3. The molecule has 4 heterocycles. The maximum atomic E-state index is 12.6. The third kappa shape index (κ3) is 19.5. The standard InChI is InChI=1S/C38H54N2O3.C28H43NO2.C7H15NO3.C4H6O3.C2H3O.BO.Na.H2O/c1-24-18-35-36(40(23-24)17-16-39-22-34(42)27-8-6-5-7-9-27)26(3)38(43-35)15-13-30-31-11-10-28-19-29(41)12-14-37(28,4)33(31)20-32(30)25(2)21-38;1-16-11-25-26(29-15-16)18(3)28(31-25)10-8-21-22-6-5-19-12-20(30)7-9-27(19,4)24(22)13-23(21)17(2)14-28;1-7(2,3)11-6(9)8-5-10-4;1-3(5)7-4(2)6;1-2-3;1-2;;/h5-9,24,26,28,30-31,33,35-36,39H,10-23H2,1-4H3;16,18-19,21-22,24-26,29H,5-15H2,1-4H3;5H2,1-4H3,(H,8,9);1-2H3;1H3;;;1H2/q;;;;-1;;+1;/t24-,26+,28+,30-,31-,33-,35+,36-,37-,38-;16-,18+,19+,21-,22-,24-,25+,26-,27-,28-;;;;;;/m00....../s1. The predicted octanol–water partition coefficient (Wildman–Crippen LogP) is 9.55. The van der Waals surface area contributed by atoms with E-state index in [-0.39, 0.29) is 58.7 Å². The van der Waals surface area contributed by atoms with Crippen LogP contribution >= 0.6 is 0 Å². The van der Waals surface area contributed by atoms with Gasteiger partial charge in [0.2, 0.25) is 0 Å². The summed E-state index contributed by atoms with van der Waals surface area (Å²) in [6, 6.07) is 10.6. The Hall–Kier alpha value is -3.63. The van der Waals surface area contributed by atoms with Gasteiger partial charge in [0.25, 0.3) is 0 Å². The van der Waals surface area contributed by atoms with Gasteiger partial charge >= 0.3 is 60.0 Å². The monoisotopic (exact) mass is 1390 g/mol. The number of methoxy groups -OCH3 is 1. The summed E-state index contributed by atoms with van der Waals surface area (Å²) in [6.45, 7) is 33.5. The van der Waals surface area contributed by atoms with Gasteiger partial charge in [-0.2, -0.15) is 6.92 Å². The fourth-order valence-electron chi connectivity index (χ4n) is 21.7. The summed E-state index contributed by atoms with van der Waals surface area (Å²) < 4.78 is 35.5. The molecule has 5 N–H and O–H groups in total. The Labute approximate surface area is 616 Å². The topological polar surface area (TPSA) is 254 Å². The Bertz CT molecular complexity index is 2990. The number of likely N-dealkylation sites (tertiary alicyclic amines) is 1. The van der Waals surface area contributed by atoms with E-state index in [2.05, 4.69) is 93.4 Å². The van der Waals surface area contributed by atoms with Crippen LogP contribution in [0.2, 0.25) is 0 Å². The van der Waals surface area contributed by atoms with Crippen LogP contribution in [0.5, 0.6) is 0 Å². The molecule has 0 bridgehead atoms. The van der Waals surface area contributed by atoms with Crippen molar-refractivity contribution in [3.63, 3.8) is 0 Å². The number of Topliss-reactive ketones (excluding diaryl/α,β-unsaturated/α-hetero) is 3. The molecule has 1 aromatic carbocycles. The number of alkyl carbamates (subject to hydrolysis) is 1. The SMILES string of the molecule is CC(=O)OC(C)=O.CC1=C2C[C@H]3[C@@H](CC[C@@H]4CC(=O)CC[C@@]43C)[C@@H]2CC[C@@]2(C1)O[C@@H]1C[C@H](C)CN(CCNCC(=O)c3ccccc3)[C@H]1[C@H]2C.CC1=C2C[C@H]3[C@@H](CC[C@@H]4CC(=O)CC[C@@]43C)[C@@H]2CC[C@@]2(C1)O[C@@H]1C[C@H](C)CN[C@H]1[C@H]2C.COCNC(=O)OC(C)(C)C.C[C-]=O.O.[B]=O.[Na+]. The summed E-state index contributed by atoms with van der Waals surface area (Å²) in [5, 5.41) is 9.71. The number of amides is 1. The second kappa shape index (κ2) is 36.4. The van der Waals surface area contributed by atoms with E-state index in [0.29, 0.717) is 82.8 Å². The molecule has 12 aliphatic rings. The molecule has 13 rings (SSSR count). The van der Waals surface area contributed by atoms with Crippen LogP contribution in [0, 0.1) is 81.8 Å². The number of esters is 2. The first-order chi connectivity index (χ1) is 46.0. The number of benzene rings is 1. The number of nitrogens with zero attached hydrogens (tertiary/aromatic N) is 1. The third-order valence-electron chi connectivity index (χ3n) is 26.1. The molecule has 20 atom stereocenters. The maximum Gasteiger partial charge on any atom is 1.00 e. The zero-order chi connectivity index (χ0) is 71.0. The van der Waals surface area contributed by atoms with Crippen LogP contribution in [0.1, 0.15) is 236 Å². The molecule has 1 radical (unpaired) electrons. The minimum Gasteiger partial charge on any atom is 1.00 e. The molecule has 0 unspecified atom stereocenters. The first-order valence-corrected chi connectivity index (χ1v) is 37.2. The van der Waals surface area contributed by atoms with Gasteiger partial charge in [-0.25, -0.2) is 4.79 Å². The average molecular weight is 1390 g/mol. The van der Waals surface area contributed by atoms with Crippen molar-refractivity contribution in [2.75, 3.05) is 46.6 Å². The Morgan fingerprint density at radius 1 is 0.727 bits per heavy atom. The zero-order valence-corrected chi connectivity index (χ0v) is 65.3. The van der Waals surface area contributed by atoms with Crippen LogP contribution in [-0.2, 0) is 52.4 Å². The summed E-state index contributed by atoms with van der Waals surface area (Å²) in [5.41, 5.74) is 8.01. The fraction of sp³-hybridized carbons (Fsp3) is 0.785. The number of hydrogen-bond donors (Lipinski definition) is 3. The minimum absolute atomic E-state index is 0. The van der Waals surface area contributed by atoms with Crippen molar-refractivity contribution >= 4 is 49.4 Å². The van der Waals surface area contributed by atoms with Crippen LogP contribution in [0.4, 0.5) is 4.79 Å². The molecular formula is C79H123BN4NaO14. The largest absolute Gasteiger partial charge is 1.00 e. The van der Waals surface area contributed by atoms with E-state index in [0.717, 1.165) is 131 Å². The molecule has 0 aromatic heterocycles. The first-order valence-electron chi connectivity index (χ1n) is 37.2. The molecule has 4 saturated heterocycles. The Morgan fingerprint density at radius 2 is 1.22 bits per heavy atom. The van der Waals surface area contributed by atoms with Gasteiger partial charge in [-0.3, -0.25) is 40.5 Å². The predicted molar refractivity (Wildman–Crippen MR) is 380 cm³/mol. The van der Waals surface area contributed by atoms with E-state index in [1.807, 2.05) is 35.9 Å². The summed E-state index contributed by atoms with van der Waals surface area (Å²) >= 11 is 0. The summed E-state index contributed by atoms with van der Waals surface area (Å²) in [4.78, 5) is 78.9. The van der Waals surface area contributed by atoms with E-state index in [1.54, 1.807) is 37.5 Å². The number of ketones is 3. The van der Waals surface area contributed by atoms with Crippen LogP contribution in [0.3, 0.4) is 0 Å². The first kappa shape index (κ1) is 84.3. The van der Waals surface area contributed by atoms with Gasteiger partial charge in [0.05, 0.1) is 30.0 Å². The molecule has 18 nitrogen and oxygen atoms in total. The fourth-order valence-corrected chi connectivity index (χ4v) is 21.7. The second-order valence-electron chi connectivity index (χ2n) is 33.2. The third-order valence-corrected chi connectivity index (χ3v) is 26.1. The number of carbonyl (C=O) groups excluding carboxylic acids is 7. The second-order valence-corrected chi connectivity index (χ2v) is 33.2. The number of carbonyl (C=O) groups is 6. The maximum absolute atomic E-state index is 12.6. The van der Waals surface area contributed by atoms with E-state index < -0.39 is 23.6 Å². The van der Waals surface area contributed by atoms with Gasteiger partial charge in [-0.1, -0.05) is 94.2 Å². The smallest absolute Gasteiger partial charge is 1.00 e. The average Bonchev–Trinajstić information content (AvgIpc) is 1.60. The van der Waals surface area contributed by atoms with E-state index >= 15 is 0 Å². The summed E-state index contributed by atoms with van der Waals surface area (Å²) in [5.74, 6) is 8.55. The van der Waals surface area contributed by atoms with Gasteiger partial charge < -0.3 is 44.6 Å². The van der Waals surface area contributed by atoms with E-state index in [1.165, 1.54) is 105 Å². The van der Waals surface area contributed by atoms with Crippen molar-refractivity contribution in [2.45, 2.75) is 266 Å². The van der Waals surface area contributed by atoms with Gasteiger partial charge in [0.15, 0.2) is 5.78 Å². The quantitative estimate of drug-likeness (QED) is 0.0320. The molecule has 1 amide bonds. The molecule has 8 aliphatic carbocycles. The van der Waals surface area contributed by atoms with Gasteiger partial charge in [0.1, 0.15) is 23.9 Å². The van der Waals surface area contributed by atoms with Crippen LogP contribution in [0.15, 0.2) is 52.6 Å². The molecule has 2 spiro atoms. The number of rotatable bonds is 8. The van der Waals surface area contributed by atoms with Crippen LogP contribution in [0.25, 0.3) is 0 Å². The number of ether oxygens (including phenoxy) is 5. The molecular weight excluding hydrogens is 1260 g/mol. The van der Waals surface area contributed by atoms with Gasteiger partial charge in [-0.05, 0) is 214 Å². The Kier molecular flexibility index (Phi) is 31.0. The van der Waals surface area contributed by atoms with Crippen molar-refractivity contribution in [1.82, 2.24) is 20.9 Å². The molecule has 6 saturated carbocycles. The number of hydrogen-bond acceptors (Lipinski definition) is 16. The van der Waals surface area contributed by atoms with Crippen molar-refractivity contribution in [1.29, 1.82) is 0 Å². The molecule has 10 fully saturated rings. The van der Waals surface area contributed by atoms with Gasteiger partial charge in [-0.15, -0.1) is 0 Å². The number of fused-ring (bicyclic) bond motifs is 12. The minimum atomic E-state index is -0.562. The summed E-state index contributed by atoms with van der Waals surface area (Å²) in [6.07, 6.45) is 24.8. The van der Waals surface area contributed by atoms with E-state index in [9.17, 15) is 28.8 Å². The van der Waals surface area contributed by atoms with Crippen molar-refractivity contribution in [3.05, 3.63) is 58.2 Å². The number of allylic oxidation sites excluding steroid dienone is 2. The number of piperidine rings is 2. The molecule has 20 heteroatoms. The van der Waals surface area contributed by atoms with Crippen molar-refractivity contribution in [3.8, 4) is 0 Å². The zero-order valence-electron chi connectivity index (χ0n) is 63.3. The molecule has 1 aromatic rings. The van der Waals surface area contributed by atoms with Crippen LogP contribution in [-0.4, -0.2) is 147 Å². The van der Waals surface area contributed by atoms with Crippen molar-refractivity contribution < 1.29 is 97.0 Å². The normalized spacial score (nSPS) is 37.5. The van der Waals surface area contributed by atoms with E-state index in [4.69, 9.17) is 23.7 Å².